The van der Waals surface area contributed by atoms with Crippen LogP contribution in [0.25, 0.3) is 0 Å². The van der Waals surface area contributed by atoms with Crippen LogP contribution in [0, 0.1) is 16.7 Å². The molecule has 2 fully saturated rings. The van der Waals surface area contributed by atoms with Crippen molar-refractivity contribution in [1.29, 1.82) is 5.26 Å². The van der Waals surface area contributed by atoms with Crippen LogP contribution >= 0.6 is 0 Å². The lowest BCUT2D eigenvalue weighted by molar-refractivity contribution is 0.0678. The van der Waals surface area contributed by atoms with Crippen LogP contribution in [0.5, 0.6) is 5.75 Å². The molecule has 0 aromatic heterocycles. The van der Waals surface area contributed by atoms with Crippen molar-refractivity contribution in [1.82, 2.24) is 4.90 Å². The van der Waals surface area contributed by atoms with Gasteiger partial charge in [-0.05, 0) is 64.1 Å². The minimum Gasteiger partial charge on any atom is -0.486 e. The molecule has 0 saturated carbocycles. The Morgan fingerprint density at radius 3 is 2.69 bits per heavy atom. The molecular weight excluding hydrogens is 364 g/mol. The summed E-state index contributed by atoms with van der Waals surface area (Å²) in [6.07, 6.45) is 5.60. The fourth-order valence-corrected chi connectivity index (χ4v) is 5.48. The van der Waals surface area contributed by atoms with Crippen molar-refractivity contribution in [3.8, 4) is 11.8 Å². The van der Waals surface area contributed by atoms with E-state index in [-0.39, 0.29) is 5.60 Å². The number of nitriles is 1. The number of ether oxygens (including phenoxy) is 2. The van der Waals surface area contributed by atoms with Gasteiger partial charge in [-0.2, -0.15) is 5.26 Å². The van der Waals surface area contributed by atoms with E-state index in [4.69, 9.17) is 15.2 Å². The molecule has 158 valence electrons. The van der Waals surface area contributed by atoms with Gasteiger partial charge in [-0.25, -0.2) is 0 Å². The van der Waals surface area contributed by atoms with Crippen molar-refractivity contribution in [2.24, 2.45) is 5.41 Å². The van der Waals surface area contributed by atoms with Gasteiger partial charge in [0.2, 0.25) is 0 Å². The summed E-state index contributed by atoms with van der Waals surface area (Å²) in [7, 11) is 1.77. The summed E-state index contributed by atoms with van der Waals surface area (Å²) in [6.45, 7) is 10.1. The van der Waals surface area contributed by atoms with Crippen molar-refractivity contribution >= 4 is 11.4 Å². The van der Waals surface area contributed by atoms with E-state index in [0.717, 1.165) is 74.9 Å². The number of piperidine rings is 2. The van der Waals surface area contributed by atoms with Crippen molar-refractivity contribution in [2.45, 2.75) is 51.6 Å². The molecule has 0 radical (unpaired) electrons. The zero-order chi connectivity index (χ0) is 20.6. The predicted octanol–water partition coefficient (Wildman–Crippen LogP) is 3.18. The summed E-state index contributed by atoms with van der Waals surface area (Å²) in [4.78, 5) is 4.88. The second kappa shape index (κ2) is 7.70. The molecule has 0 bridgehead atoms. The first-order valence-corrected chi connectivity index (χ1v) is 10.9. The van der Waals surface area contributed by atoms with Gasteiger partial charge in [-0.1, -0.05) is 0 Å². The molecule has 3 aliphatic heterocycles. The largest absolute Gasteiger partial charge is 0.486 e. The highest BCUT2D eigenvalue weighted by molar-refractivity contribution is 5.80. The predicted molar refractivity (Wildman–Crippen MR) is 115 cm³/mol. The number of nitrogen functional groups attached to an aromatic ring is 1. The molecule has 6 nitrogen and oxygen atoms in total. The van der Waals surface area contributed by atoms with Gasteiger partial charge in [0.1, 0.15) is 23.0 Å². The van der Waals surface area contributed by atoms with Crippen LogP contribution in [0.2, 0.25) is 0 Å². The maximum Gasteiger partial charge on any atom is 0.143 e. The Labute approximate surface area is 174 Å². The molecule has 29 heavy (non-hydrogen) atoms. The highest BCUT2D eigenvalue weighted by Crippen LogP contribution is 2.47. The van der Waals surface area contributed by atoms with Crippen LogP contribution in [0.15, 0.2) is 6.07 Å². The molecular formula is C23H34N4O2. The van der Waals surface area contributed by atoms with Crippen LogP contribution in [0.3, 0.4) is 0 Å². The Kier molecular flexibility index (Phi) is 5.39. The van der Waals surface area contributed by atoms with E-state index in [0.29, 0.717) is 11.0 Å². The molecule has 0 atom stereocenters. The third kappa shape index (κ3) is 3.91. The van der Waals surface area contributed by atoms with Crippen LogP contribution in [0.4, 0.5) is 11.4 Å². The highest BCUT2D eigenvalue weighted by atomic mass is 16.5. The topological polar surface area (TPSA) is 74.8 Å². The molecule has 4 rings (SSSR count). The highest BCUT2D eigenvalue weighted by Gasteiger charge is 2.41. The summed E-state index contributed by atoms with van der Waals surface area (Å²) in [5.74, 6) is 0.746. The number of nitrogens with zero attached hydrogens (tertiary/aromatic N) is 3. The summed E-state index contributed by atoms with van der Waals surface area (Å²) < 4.78 is 11.4. The first-order valence-electron chi connectivity index (χ1n) is 10.9. The SMILES string of the molecule is COCCN1CCC2(CCCN(c3c(N)cc4c(c3C#N)OC(C)(C)C4)C2)CC1. The maximum atomic E-state index is 10.00. The first kappa shape index (κ1) is 20.3. The van der Waals surface area contributed by atoms with Gasteiger partial charge in [0.15, 0.2) is 0 Å². The molecule has 2 N–H and O–H groups in total. The van der Waals surface area contributed by atoms with E-state index in [9.17, 15) is 5.26 Å². The van der Waals surface area contributed by atoms with Crippen LogP contribution in [-0.2, 0) is 11.2 Å². The van der Waals surface area contributed by atoms with Gasteiger partial charge >= 0.3 is 0 Å². The van der Waals surface area contributed by atoms with Crippen molar-refractivity contribution < 1.29 is 9.47 Å². The summed E-state index contributed by atoms with van der Waals surface area (Å²) >= 11 is 0. The van der Waals surface area contributed by atoms with E-state index >= 15 is 0 Å². The third-order valence-corrected chi connectivity index (χ3v) is 6.97. The number of methoxy groups -OCH3 is 1. The molecule has 3 heterocycles. The van der Waals surface area contributed by atoms with Gasteiger partial charge in [0, 0.05) is 38.7 Å². The van der Waals surface area contributed by atoms with Crippen molar-refractivity contribution in [2.75, 3.05) is 57.1 Å². The van der Waals surface area contributed by atoms with Crippen LogP contribution < -0.4 is 15.4 Å². The first-order chi connectivity index (χ1) is 13.9. The minimum atomic E-state index is -0.281. The number of rotatable bonds is 4. The second-order valence-electron chi connectivity index (χ2n) is 9.69. The van der Waals surface area contributed by atoms with Crippen LogP contribution in [0.1, 0.15) is 50.7 Å². The fourth-order valence-electron chi connectivity index (χ4n) is 5.48. The summed E-state index contributed by atoms with van der Waals surface area (Å²) in [5, 5.41) is 10.00. The normalized spacial score (nSPS) is 22.9. The zero-order valence-electron chi connectivity index (χ0n) is 18.1. The molecule has 3 aliphatic rings. The Morgan fingerprint density at radius 1 is 1.24 bits per heavy atom. The lowest BCUT2D eigenvalue weighted by Crippen LogP contribution is -2.50. The number of hydrogen-bond acceptors (Lipinski definition) is 6. The Morgan fingerprint density at radius 2 is 2.00 bits per heavy atom. The smallest absolute Gasteiger partial charge is 0.143 e. The van der Waals surface area contributed by atoms with Gasteiger partial charge in [-0.3, -0.25) is 0 Å². The number of anilines is 2. The molecule has 0 amide bonds. The molecule has 0 unspecified atom stereocenters. The van der Waals surface area contributed by atoms with E-state index in [1.54, 1.807) is 7.11 Å². The Bertz CT molecular complexity index is 806. The molecule has 0 aliphatic carbocycles. The number of benzene rings is 1. The monoisotopic (exact) mass is 398 g/mol. The maximum absolute atomic E-state index is 10.00. The molecule has 6 heteroatoms. The number of hydrogen-bond donors (Lipinski definition) is 1. The molecule has 1 spiro atoms. The Balaban J connectivity index is 1.56. The summed E-state index contributed by atoms with van der Waals surface area (Å²) in [5.41, 5.74) is 9.85. The zero-order valence-corrected chi connectivity index (χ0v) is 18.1. The average Bonchev–Trinajstić information content (AvgIpc) is 3.00. The van der Waals surface area contributed by atoms with E-state index in [2.05, 4.69) is 29.7 Å². The lowest BCUT2D eigenvalue weighted by Gasteiger charge is -2.48. The molecule has 1 aromatic rings. The van der Waals surface area contributed by atoms with E-state index < -0.39 is 0 Å². The number of fused-ring (bicyclic) bond motifs is 1. The number of likely N-dealkylation sites (tertiary alicyclic amines) is 1. The third-order valence-electron chi connectivity index (χ3n) is 6.97. The van der Waals surface area contributed by atoms with Crippen molar-refractivity contribution in [3.63, 3.8) is 0 Å². The average molecular weight is 399 g/mol. The van der Waals surface area contributed by atoms with E-state index in [1.807, 2.05) is 6.07 Å². The Hall–Kier alpha value is -1.97. The summed E-state index contributed by atoms with van der Waals surface area (Å²) in [6, 6.07) is 4.46. The molecule has 1 aromatic carbocycles. The standard InChI is InChI=1S/C23H34N4O2/c1-22(2)14-17-13-19(25)20(18(15-24)21(17)29-22)27-8-4-5-23(16-27)6-9-26(10-7-23)11-12-28-3/h13H,4-12,14,16,25H2,1-3H3. The van der Waals surface area contributed by atoms with Gasteiger partial charge in [-0.15, -0.1) is 0 Å². The number of nitrogens with two attached hydrogens (primary N) is 1. The van der Waals surface area contributed by atoms with Crippen LogP contribution in [-0.4, -0.2) is 56.9 Å². The van der Waals surface area contributed by atoms with Crippen molar-refractivity contribution in [3.05, 3.63) is 17.2 Å². The van der Waals surface area contributed by atoms with E-state index in [1.165, 1.54) is 19.3 Å². The van der Waals surface area contributed by atoms with Gasteiger partial charge in [0.25, 0.3) is 0 Å². The minimum absolute atomic E-state index is 0.281. The fraction of sp³-hybridized carbons (Fsp3) is 0.696. The second-order valence-corrected chi connectivity index (χ2v) is 9.69. The van der Waals surface area contributed by atoms with Gasteiger partial charge < -0.3 is 25.0 Å². The molecule has 2 saturated heterocycles. The van der Waals surface area contributed by atoms with Gasteiger partial charge in [0.05, 0.1) is 18.0 Å². The lowest BCUT2D eigenvalue weighted by atomic mass is 9.72. The quantitative estimate of drug-likeness (QED) is 0.785.